The topological polar surface area (TPSA) is 90.1 Å². The molecular formula is C29H25FN4O3. The maximum Gasteiger partial charge on any atom is 0.261 e. The molecule has 2 aromatic carbocycles. The largest absolute Gasteiger partial charge is 0.389 e. The number of pyridine rings is 2. The van der Waals surface area contributed by atoms with Crippen molar-refractivity contribution in [1.82, 2.24) is 19.5 Å². The van der Waals surface area contributed by atoms with E-state index in [9.17, 15) is 14.3 Å². The molecule has 0 spiro atoms. The number of halogens is 1. The van der Waals surface area contributed by atoms with E-state index >= 15 is 0 Å². The minimum atomic E-state index is -0.759. The van der Waals surface area contributed by atoms with Crippen LogP contribution >= 0.6 is 0 Å². The van der Waals surface area contributed by atoms with Gasteiger partial charge in [0.2, 0.25) is 5.95 Å². The van der Waals surface area contributed by atoms with E-state index in [-0.39, 0.29) is 18.2 Å². The molecule has 186 valence electrons. The quantitative estimate of drug-likeness (QED) is 0.294. The van der Waals surface area contributed by atoms with E-state index in [1.165, 1.54) is 6.07 Å². The van der Waals surface area contributed by atoms with Crippen LogP contribution in [0.15, 0.2) is 71.9 Å². The molecule has 0 saturated carbocycles. The van der Waals surface area contributed by atoms with Gasteiger partial charge in [-0.2, -0.15) is 4.39 Å². The Kier molecular flexibility index (Phi) is 5.98. The fraction of sp³-hybridized carbons (Fsp3) is 0.241. The molecule has 1 N–H and O–H groups in total. The first-order valence-corrected chi connectivity index (χ1v) is 12.3. The first-order valence-electron chi connectivity index (χ1n) is 12.3. The van der Waals surface area contributed by atoms with Crippen molar-refractivity contribution in [3.63, 3.8) is 0 Å². The molecule has 5 aromatic rings. The smallest absolute Gasteiger partial charge is 0.261 e. The summed E-state index contributed by atoms with van der Waals surface area (Å²) in [6.45, 7) is 2.45. The Bertz CT molecular complexity index is 1700. The SMILES string of the molecule is Cc1nc(F)ccc1-c1cc(Cc2cc3c(=O)n([C@H]4CCOC[C@@H]4O)cnc3c3ccccc23)ccn1. The second kappa shape index (κ2) is 9.46. The molecule has 3 aromatic heterocycles. The number of aryl methyl sites for hydroxylation is 1. The van der Waals surface area contributed by atoms with Crippen LogP contribution in [0.4, 0.5) is 4.39 Å². The molecule has 0 amide bonds. The average Bonchev–Trinajstić information content (AvgIpc) is 2.90. The maximum absolute atomic E-state index is 13.6. The zero-order valence-corrected chi connectivity index (χ0v) is 20.3. The molecule has 7 nitrogen and oxygen atoms in total. The number of rotatable bonds is 4. The van der Waals surface area contributed by atoms with Crippen molar-refractivity contribution >= 4 is 21.7 Å². The van der Waals surface area contributed by atoms with Crippen LogP contribution in [0.3, 0.4) is 0 Å². The van der Waals surface area contributed by atoms with Crippen molar-refractivity contribution in [2.24, 2.45) is 0 Å². The highest BCUT2D eigenvalue weighted by molar-refractivity contribution is 6.06. The van der Waals surface area contributed by atoms with Gasteiger partial charge in [0.05, 0.1) is 41.7 Å². The standard InChI is InChI=1S/C29H25FN4O3/c1-17-20(6-7-27(30)33-17)24-13-18(8-10-31-24)12-19-14-23-28(22-5-3-2-4-21(19)22)32-16-34(29(23)36)25-9-11-37-15-26(25)35/h2-8,10,13-14,16,25-26,35H,9,11-12,15H2,1H3/t25-,26-/m0/s1. The molecule has 4 heterocycles. The fourth-order valence-electron chi connectivity index (χ4n) is 5.22. The van der Waals surface area contributed by atoms with Crippen LogP contribution in [-0.2, 0) is 11.2 Å². The van der Waals surface area contributed by atoms with Crippen molar-refractivity contribution in [2.45, 2.75) is 31.9 Å². The number of aliphatic hydroxyl groups excluding tert-OH is 1. The third-order valence-corrected chi connectivity index (χ3v) is 7.07. The predicted molar refractivity (Wildman–Crippen MR) is 139 cm³/mol. The van der Waals surface area contributed by atoms with E-state index in [2.05, 4.69) is 15.0 Å². The van der Waals surface area contributed by atoms with Crippen LogP contribution < -0.4 is 5.56 Å². The van der Waals surface area contributed by atoms with E-state index in [0.717, 1.165) is 27.5 Å². The summed E-state index contributed by atoms with van der Waals surface area (Å²) >= 11 is 0. The van der Waals surface area contributed by atoms with Gasteiger partial charge in [-0.3, -0.25) is 14.3 Å². The Labute approximate surface area is 212 Å². The van der Waals surface area contributed by atoms with Crippen molar-refractivity contribution in [1.29, 1.82) is 0 Å². The first-order chi connectivity index (χ1) is 18.0. The summed E-state index contributed by atoms with van der Waals surface area (Å²) in [5.74, 6) is -0.521. The summed E-state index contributed by atoms with van der Waals surface area (Å²) in [5, 5.41) is 12.9. The minimum absolute atomic E-state index is 0.175. The zero-order chi connectivity index (χ0) is 25.5. The van der Waals surface area contributed by atoms with Crippen LogP contribution in [0.1, 0.15) is 29.3 Å². The Balaban J connectivity index is 1.47. The number of ether oxygens (including phenoxy) is 1. The molecule has 0 aliphatic carbocycles. The molecule has 6 rings (SSSR count). The van der Waals surface area contributed by atoms with Crippen molar-refractivity contribution in [3.05, 3.63) is 100 Å². The van der Waals surface area contributed by atoms with E-state index < -0.39 is 12.1 Å². The van der Waals surface area contributed by atoms with Gasteiger partial charge in [0.15, 0.2) is 0 Å². The van der Waals surface area contributed by atoms with Crippen molar-refractivity contribution < 1.29 is 14.2 Å². The van der Waals surface area contributed by atoms with Gasteiger partial charge in [-0.15, -0.1) is 0 Å². The van der Waals surface area contributed by atoms with Crippen molar-refractivity contribution in [3.8, 4) is 11.3 Å². The van der Waals surface area contributed by atoms with E-state index in [1.807, 2.05) is 42.5 Å². The molecule has 2 atom stereocenters. The Morgan fingerprint density at radius 3 is 2.73 bits per heavy atom. The number of hydrogen-bond acceptors (Lipinski definition) is 6. The van der Waals surface area contributed by atoms with Crippen LogP contribution in [0.2, 0.25) is 0 Å². The summed E-state index contributed by atoms with van der Waals surface area (Å²) in [6.07, 6.45) is 3.63. The number of fused-ring (bicyclic) bond motifs is 3. The second-order valence-electron chi connectivity index (χ2n) is 9.43. The molecule has 1 aliphatic rings. The molecule has 1 aliphatic heterocycles. The molecule has 37 heavy (non-hydrogen) atoms. The lowest BCUT2D eigenvalue weighted by molar-refractivity contribution is -0.0395. The molecule has 0 radical (unpaired) electrons. The monoisotopic (exact) mass is 496 g/mol. The highest BCUT2D eigenvalue weighted by Crippen LogP contribution is 2.30. The zero-order valence-electron chi connectivity index (χ0n) is 20.3. The normalized spacial score (nSPS) is 17.9. The molecular weight excluding hydrogens is 471 g/mol. The summed E-state index contributed by atoms with van der Waals surface area (Å²) in [5.41, 5.74) is 4.51. The number of benzene rings is 2. The Morgan fingerprint density at radius 1 is 1.08 bits per heavy atom. The maximum atomic E-state index is 13.6. The lowest BCUT2D eigenvalue weighted by Crippen LogP contribution is -2.39. The summed E-state index contributed by atoms with van der Waals surface area (Å²) in [6, 6.07) is 16.4. The molecule has 8 heteroatoms. The minimum Gasteiger partial charge on any atom is -0.389 e. The fourth-order valence-corrected chi connectivity index (χ4v) is 5.22. The third kappa shape index (κ3) is 4.28. The van der Waals surface area contributed by atoms with Gasteiger partial charge < -0.3 is 9.84 Å². The molecule has 1 saturated heterocycles. The van der Waals surface area contributed by atoms with E-state index in [1.54, 1.807) is 30.1 Å². The van der Waals surface area contributed by atoms with Crippen LogP contribution in [0.5, 0.6) is 0 Å². The van der Waals surface area contributed by atoms with Gasteiger partial charge in [0.1, 0.15) is 0 Å². The highest BCUT2D eigenvalue weighted by Gasteiger charge is 2.27. The summed E-state index contributed by atoms with van der Waals surface area (Å²) < 4.78 is 20.4. The predicted octanol–water partition coefficient (Wildman–Crippen LogP) is 4.37. The van der Waals surface area contributed by atoms with Gasteiger partial charge in [0.25, 0.3) is 5.56 Å². The average molecular weight is 497 g/mol. The second-order valence-corrected chi connectivity index (χ2v) is 9.43. The van der Waals surface area contributed by atoms with Gasteiger partial charge >= 0.3 is 0 Å². The van der Waals surface area contributed by atoms with Gasteiger partial charge in [-0.1, -0.05) is 24.3 Å². The van der Waals surface area contributed by atoms with Crippen LogP contribution in [-0.4, -0.2) is 43.9 Å². The first kappa shape index (κ1) is 23.4. The van der Waals surface area contributed by atoms with Crippen LogP contribution in [0, 0.1) is 12.9 Å². The summed E-state index contributed by atoms with van der Waals surface area (Å²) in [4.78, 5) is 26.7. The van der Waals surface area contributed by atoms with E-state index in [4.69, 9.17) is 4.74 Å². The number of nitrogens with zero attached hydrogens (tertiary/aromatic N) is 4. The van der Waals surface area contributed by atoms with E-state index in [0.29, 0.717) is 41.7 Å². The van der Waals surface area contributed by atoms with Crippen LogP contribution in [0.25, 0.3) is 32.9 Å². The molecule has 0 unspecified atom stereocenters. The summed E-state index contributed by atoms with van der Waals surface area (Å²) in [7, 11) is 0. The number of hydrogen-bond donors (Lipinski definition) is 1. The Morgan fingerprint density at radius 2 is 1.92 bits per heavy atom. The number of aromatic nitrogens is 4. The van der Waals surface area contributed by atoms with Crippen molar-refractivity contribution in [2.75, 3.05) is 13.2 Å². The lowest BCUT2D eigenvalue weighted by atomic mass is 9.95. The molecule has 1 fully saturated rings. The number of aliphatic hydroxyl groups is 1. The highest BCUT2D eigenvalue weighted by atomic mass is 19.1. The third-order valence-electron chi connectivity index (χ3n) is 7.07. The van der Waals surface area contributed by atoms with Gasteiger partial charge in [-0.25, -0.2) is 9.97 Å². The van der Waals surface area contributed by atoms with Gasteiger partial charge in [-0.05, 0) is 66.6 Å². The Hall–Kier alpha value is -4.01. The molecule has 0 bridgehead atoms. The lowest BCUT2D eigenvalue weighted by Gasteiger charge is -2.29. The van der Waals surface area contributed by atoms with Gasteiger partial charge in [0, 0.05) is 29.4 Å².